The average Bonchev–Trinajstić information content (AvgIpc) is 2.61. The van der Waals surface area contributed by atoms with Gasteiger partial charge in [0.25, 0.3) is 0 Å². The van der Waals surface area contributed by atoms with E-state index >= 15 is 0 Å². The minimum absolute atomic E-state index is 0.415. The summed E-state index contributed by atoms with van der Waals surface area (Å²) in [5.41, 5.74) is -0.415. The Morgan fingerprint density at radius 1 is 1.41 bits per heavy atom. The van der Waals surface area contributed by atoms with Crippen molar-refractivity contribution in [1.82, 2.24) is 10.3 Å². The molecule has 2 fully saturated rings. The molecule has 0 atom stereocenters. The van der Waals surface area contributed by atoms with E-state index in [1.807, 2.05) is 17.5 Å². The number of thiazole rings is 1. The van der Waals surface area contributed by atoms with Crippen molar-refractivity contribution < 1.29 is 5.11 Å². The summed E-state index contributed by atoms with van der Waals surface area (Å²) in [5.74, 6) is 0.740. The van der Waals surface area contributed by atoms with E-state index in [0.717, 1.165) is 31.8 Å². The van der Waals surface area contributed by atoms with Crippen LogP contribution < -0.4 is 5.32 Å². The van der Waals surface area contributed by atoms with Crippen LogP contribution in [0.15, 0.2) is 6.20 Å². The van der Waals surface area contributed by atoms with Gasteiger partial charge in [-0.05, 0) is 32.1 Å². The second-order valence-electron chi connectivity index (χ2n) is 5.47. The highest BCUT2D eigenvalue weighted by Crippen LogP contribution is 2.38. The maximum Gasteiger partial charge on any atom is 0.0959 e. The highest BCUT2D eigenvalue weighted by atomic mass is 32.1. The van der Waals surface area contributed by atoms with Crippen molar-refractivity contribution in [2.75, 3.05) is 6.54 Å². The van der Waals surface area contributed by atoms with Crippen molar-refractivity contribution in [3.63, 3.8) is 0 Å². The standard InChI is InChI=1S/C13H20N2OS/c16-13(5-2-6-13)9-14-7-11-8-15-12(17-11)10-3-1-4-10/h8,10,14,16H,1-7,9H2. The molecule has 0 saturated heterocycles. The molecule has 0 aromatic carbocycles. The van der Waals surface area contributed by atoms with Crippen LogP contribution in [0.1, 0.15) is 54.3 Å². The molecule has 0 unspecified atom stereocenters. The molecule has 0 radical (unpaired) electrons. The number of aliphatic hydroxyl groups is 1. The SMILES string of the molecule is OC1(CNCc2cnc(C3CCC3)s2)CCC1. The Morgan fingerprint density at radius 3 is 2.82 bits per heavy atom. The summed E-state index contributed by atoms with van der Waals surface area (Å²) in [4.78, 5) is 5.80. The maximum atomic E-state index is 9.95. The van der Waals surface area contributed by atoms with Crippen LogP contribution in [0.4, 0.5) is 0 Å². The van der Waals surface area contributed by atoms with Gasteiger partial charge >= 0.3 is 0 Å². The third kappa shape index (κ3) is 2.54. The van der Waals surface area contributed by atoms with Crippen molar-refractivity contribution in [1.29, 1.82) is 0 Å². The lowest BCUT2D eigenvalue weighted by Crippen LogP contribution is -2.45. The number of hydrogen-bond acceptors (Lipinski definition) is 4. The first-order chi connectivity index (χ1) is 8.25. The summed E-state index contributed by atoms with van der Waals surface area (Å²) in [6, 6.07) is 0. The van der Waals surface area contributed by atoms with E-state index in [1.165, 1.54) is 35.6 Å². The Labute approximate surface area is 106 Å². The highest BCUT2D eigenvalue weighted by molar-refractivity contribution is 7.11. The van der Waals surface area contributed by atoms with Crippen LogP contribution in [-0.2, 0) is 6.54 Å². The number of aromatic nitrogens is 1. The second kappa shape index (κ2) is 4.67. The van der Waals surface area contributed by atoms with Crippen LogP contribution in [-0.4, -0.2) is 22.2 Å². The van der Waals surface area contributed by atoms with E-state index in [4.69, 9.17) is 0 Å². The van der Waals surface area contributed by atoms with Crippen LogP contribution in [0.25, 0.3) is 0 Å². The third-order valence-electron chi connectivity index (χ3n) is 4.06. The molecule has 0 aliphatic heterocycles. The van der Waals surface area contributed by atoms with E-state index in [-0.39, 0.29) is 0 Å². The fourth-order valence-electron chi connectivity index (χ4n) is 2.43. The predicted molar refractivity (Wildman–Crippen MR) is 69.2 cm³/mol. The van der Waals surface area contributed by atoms with Crippen molar-refractivity contribution in [2.24, 2.45) is 0 Å². The smallest absolute Gasteiger partial charge is 0.0959 e. The largest absolute Gasteiger partial charge is 0.389 e. The van der Waals surface area contributed by atoms with Crippen LogP contribution in [0.2, 0.25) is 0 Å². The molecule has 1 heterocycles. The minimum Gasteiger partial charge on any atom is -0.389 e. The van der Waals surface area contributed by atoms with Gasteiger partial charge in [0.2, 0.25) is 0 Å². The summed E-state index contributed by atoms with van der Waals surface area (Å²) in [6.07, 6.45) is 9.08. The molecular formula is C13H20N2OS. The molecule has 3 rings (SSSR count). The second-order valence-corrected chi connectivity index (χ2v) is 6.62. The van der Waals surface area contributed by atoms with Crippen molar-refractivity contribution in [3.8, 4) is 0 Å². The van der Waals surface area contributed by atoms with Crippen molar-refractivity contribution in [2.45, 2.75) is 56.6 Å². The normalized spacial score (nSPS) is 23.1. The predicted octanol–water partition coefficient (Wildman–Crippen LogP) is 2.42. The first-order valence-corrected chi connectivity index (χ1v) is 7.45. The van der Waals surface area contributed by atoms with Crippen LogP contribution in [0.3, 0.4) is 0 Å². The Balaban J connectivity index is 1.46. The zero-order valence-electron chi connectivity index (χ0n) is 10.1. The van der Waals surface area contributed by atoms with Crippen LogP contribution >= 0.6 is 11.3 Å². The van der Waals surface area contributed by atoms with E-state index in [9.17, 15) is 5.11 Å². The maximum absolute atomic E-state index is 9.95. The lowest BCUT2D eigenvalue weighted by atomic mass is 9.80. The Bertz CT molecular complexity index is 383. The summed E-state index contributed by atoms with van der Waals surface area (Å²) in [5, 5.41) is 14.6. The number of rotatable bonds is 5. The molecular weight excluding hydrogens is 232 g/mol. The van der Waals surface area contributed by atoms with Gasteiger partial charge in [0, 0.05) is 30.1 Å². The van der Waals surface area contributed by atoms with Gasteiger partial charge in [-0.15, -0.1) is 11.3 Å². The van der Waals surface area contributed by atoms with Crippen molar-refractivity contribution in [3.05, 3.63) is 16.1 Å². The van der Waals surface area contributed by atoms with Crippen molar-refractivity contribution >= 4 is 11.3 Å². The van der Waals surface area contributed by atoms with Crippen LogP contribution in [0, 0.1) is 0 Å². The summed E-state index contributed by atoms with van der Waals surface area (Å²) >= 11 is 1.84. The molecule has 0 amide bonds. The molecule has 4 heteroatoms. The van der Waals surface area contributed by atoms with E-state index in [1.54, 1.807) is 0 Å². The lowest BCUT2D eigenvalue weighted by molar-refractivity contribution is -0.0314. The average molecular weight is 252 g/mol. The van der Waals surface area contributed by atoms with Gasteiger partial charge in [0.15, 0.2) is 0 Å². The van der Waals surface area contributed by atoms with Gasteiger partial charge in [0.1, 0.15) is 0 Å². The molecule has 3 nitrogen and oxygen atoms in total. The molecule has 1 aromatic rings. The Kier molecular flexibility index (Phi) is 3.19. The van der Waals surface area contributed by atoms with E-state index in [0.29, 0.717) is 0 Å². The number of nitrogens with zero attached hydrogens (tertiary/aromatic N) is 1. The van der Waals surface area contributed by atoms with Gasteiger partial charge < -0.3 is 10.4 Å². The Morgan fingerprint density at radius 2 is 2.24 bits per heavy atom. The molecule has 94 valence electrons. The fourth-order valence-corrected chi connectivity index (χ4v) is 3.48. The zero-order chi connectivity index (χ0) is 11.7. The topological polar surface area (TPSA) is 45.1 Å². The van der Waals surface area contributed by atoms with Gasteiger partial charge in [0.05, 0.1) is 10.6 Å². The number of nitrogens with one attached hydrogen (secondary N) is 1. The molecule has 0 spiro atoms. The monoisotopic (exact) mass is 252 g/mol. The van der Waals surface area contributed by atoms with E-state index < -0.39 is 5.60 Å². The molecule has 17 heavy (non-hydrogen) atoms. The first kappa shape index (κ1) is 11.6. The number of hydrogen-bond donors (Lipinski definition) is 2. The van der Waals surface area contributed by atoms with Gasteiger partial charge in [-0.3, -0.25) is 0 Å². The summed E-state index contributed by atoms with van der Waals surface area (Å²) < 4.78 is 0. The van der Waals surface area contributed by atoms with Gasteiger partial charge in [-0.1, -0.05) is 6.42 Å². The van der Waals surface area contributed by atoms with Gasteiger partial charge in [-0.25, -0.2) is 4.98 Å². The minimum atomic E-state index is -0.415. The lowest BCUT2D eigenvalue weighted by Gasteiger charge is -2.36. The molecule has 2 saturated carbocycles. The highest BCUT2D eigenvalue weighted by Gasteiger charge is 2.33. The quantitative estimate of drug-likeness (QED) is 0.846. The molecule has 2 N–H and O–H groups in total. The zero-order valence-corrected chi connectivity index (χ0v) is 10.9. The summed E-state index contributed by atoms with van der Waals surface area (Å²) in [6.45, 7) is 1.58. The molecule has 2 aliphatic carbocycles. The third-order valence-corrected chi connectivity index (χ3v) is 5.22. The Hall–Kier alpha value is -0.450. The molecule has 2 aliphatic rings. The summed E-state index contributed by atoms with van der Waals surface area (Å²) in [7, 11) is 0. The first-order valence-electron chi connectivity index (χ1n) is 6.63. The molecule has 1 aromatic heterocycles. The van der Waals surface area contributed by atoms with Crippen LogP contribution in [0.5, 0.6) is 0 Å². The van der Waals surface area contributed by atoms with Gasteiger partial charge in [-0.2, -0.15) is 0 Å². The van der Waals surface area contributed by atoms with E-state index in [2.05, 4.69) is 10.3 Å². The fraction of sp³-hybridized carbons (Fsp3) is 0.769. The molecule has 0 bridgehead atoms.